The Morgan fingerprint density at radius 2 is 1.82 bits per heavy atom. The highest BCUT2D eigenvalue weighted by molar-refractivity contribution is 7.89. The molecule has 0 saturated heterocycles. The van der Waals surface area contributed by atoms with Gasteiger partial charge in [0.15, 0.2) is 0 Å². The molecule has 2 aliphatic rings. The number of nitrogens with two attached hydrogens (primary N) is 1. The smallest absolute Gasteiger partial charge is 0.399 e. The van der Waals surface area contributed by atoms with Crippen LogP contribution < -0.4 is 10.6 Å². The monoisotopic (exact) mass is 559 g/mol. The molecule has 1 aliphatic carbocycles. The van der Waals surface area contributed by atoms with Crippen molar-refractivity contribution in [2.45, 2.75) is 63.2 Å². The van der Waals surface area contributed by atoms with Crippen LogP contribution in [0, 0.1) is 5.92 Å². The van der Waals surface area contributed by atoms with E-state index in [0.29, 0.717) is 50.4 Å². The minimum absolute atomic E-state index is 0.280. The Morgan fingerprint density at radius 1 is 1.03 bits per heavy atom. The van der Waals surface area contributed by atoms with Gasteiger partial charge >= 0.3 is 15.5 Å². The van der Waals surface area contributed by atoms with E-state index < -0.39 is 28.1 Å². The summed E-state index contributed by atoms with van der Waals surface area (Å²) in [5.74, 6) is 0.495. The number of alkyl halides is 3. The zero-order valence-corrected chi connectivity index (χ0v) is 22.3. The fraction of sp³-hybridized carbons (Fsp3) is 0.429. The van der Waals surface area contributed by atoms with Crippen molar-refractivity contribution < 1.29 is 21.6 Å². The van der Waals surface area contributed by atoms with E-state index in [4.69, 9.17) is 5.73 Å². The van der Waals surface area contributed by atoms with Crippen LogP contribution in [-0.2, 0) is 23.1 Å². The van der Waals surface area contributed by atoms with Crippen LogP contribution in [0.5, 0.6) is 0 Å². The first-order valence-electron chi connectivity index (χ1n) is 13.2. The first-order valence-corrected chi connectivity index (χ1v) is 14.6. The normalized spacial score (nSPS) is 19.2. The summed E-state index contributed by atoms with van der Waals surface area (Å²) in [5, 5.41) is 0. The number of hydrogen-bond donors (Lipinski definition) is 1. The number of pyridine rings is 2. The molecule has 0 bridgehead atoms. The highest BCUT2D eigenvalue weighted by Crippen LogP contribution is 2.40. The van der Waals surface area contributed by atoms with Gasteiger partial charge in [0.1, 0.15) is 0 Å². The van der Waals surface area contributed by atoms with Gasteiger partial charge < -0.3 is 10.6 Å². The predicted molar refractivity (Wildman–Crippen MR) is 145 cm³/mol. The van der Waals surface area contributed by atoms with Gasteiger partial charge in [-0.1, -0.05) is 43.9 Å². The average Bonchev–Trinajstić information content (AvgIpc) is 3.37. The molecule has 3 aromatic rings. The molecule has 39 heavy (non-hydrogen) atoms. The molecule has 208 valence electrons. The Morgan fingerprint density at radius 3 is 2.51 bits per heavy atom. The number of nitrogen functional groups attached to an aromatic ring is 1. The summed E-state index contributed by atoms with van der Waals surface area (Å²) < 4.78 is 68.1. The molecule has 1 atom stereocenters. The number of anilines is 2. The predicted octanol–water partition coefficient (Wildman–Crippen LogP) is 5.74. The summed E-state index contributed by atoms with van der Waals surface area (Å²) >= 11 is 0. The maximum Gasteiger partial charge on any atom is 0.511 e. The molecule has 1 fully saturated rings. The summed E-state index contributed by atoms with van der Waals surface area (Å²) in [5.41, 5.74) is 4.34. The highest BCUT2D eigenvalue weighted by Gasteiger charge is 2.51. The summed E-state index contributed by atoms with van der Waals surface area (Å²) in [6.45, 7) is -0.398. The second kappa shape index (κ2) is 11.1. The van der Waals surface area contributed by atoms with E-state index in [1.165, 1.54) is 0 Å². The average molecular weight is 560 g/mol. The number of sulfonamides is 1. The van der Waals surface area contributed by atoms with Gasteiger partial charge in [0, 0.05) is 54.7 Å². The zero-order chi connectivity index (χ0) is 27.6. The lowest BCUT2D eigenvalue weighted by atomic mass is 9.96. The number of aromatic nitrogens is 2. The first kappa shape index (κ1) is 27.4. The fourth-order valence-corrected chi connectivity index (χ4v) is 6.81. The standard InChI is InChI=1S/C28H32F3N5O2S/c29-28(30,31)39(37,38)35-18-24(11-10-20-5-1-2-6-20)36(17-23-15-22(32)12-14-34-23)27-9-3-8-25(26(27)19-35)21-7-4-13-33-16-21/h3-4,7-9,12-16,20,24H,1-2,5-6,10-11,17-19H2,(H2,32,34)/t24-/m0/s1. The van der Waals surface area contributed by atoms with Crippen molar-refractivity contribution >= 4 is 21.4 Å². The molecule has 1 aromatic carbocycles. The SMILES string of the molecule is Nc1ccnc(CN2c3cccc(-c4cccnc4)c3CN(S(=O)(=O)C(F)(F)F)C[C@@H]2CCC2CCCC2)c1. The Bertz CT molecular complexity index is 1400. The third-order valence-corrected chi connectivity index (χ3v) is 9.35. The quantitative estimate of drug-likeness (QED) is 0.397. The van der Waals surface area contributed by atoms with E-state index in [2.05, 4.69) is 9.97 Å². The van der Waals surface area contributed by atoms with Gasteiger partial charge in [-0.2, -0.15) is 17.5 Å². The van der Waals surface area contributed by atoms with E-state index in [1.807, 2.05) is 23.1 Å². The van der Waals surface area contributed by atoms with Gasteiger partial charge in [0.05, 0.1) is 12.2 Å². The lowest BCUT2D eigenvalue weighted by molar-refractivity contribution is -0.0492. The maximum absolute atomic E-state index is 13.9. The van der Waals surface area contributed by atoms with Gasteiger partial charge in [0.2, 0.25) is 0 Å². The largest absolute Gasteiger partial charge is 0.511 e. The molecule has 2 aromatic heterocycles. The van der Waals surface area contributed by atoms with Gasteiger partial charge in [0.25, 0.3) is 0 Å². The number of fused-ring (bicyclic) bond motifs is 1. The second-order valence-electron chi connectivity index (χ2n) is 10.4. The molecule has 3 heterocycles. The number of hydrogen-bond acceptors (Lipinski definition) is 6. The Labute approximate surface area is 226 Å². The molecule has 11 heteroatoms. The minimum Gasteiger partial charge on any atom is -0.399 e. The number of halogens is 3. The molecule has 0 radical (unpaired) electrons. The summed E-state index contributed by atoms with van der Waals surface area (Å²) in [6.07, 6.45) is 10.7. The third-order valence-electron chi connectivity index (χ3n) is 7.81. The Kier molecular flexibility index (Phi) is 7.82. The molecule has 2 N–H and O–H groups in total. The fourth-order valence-electron chi connectivity index (χ4n) is 5.85. The molecule has 1 saturated carbocycles. The van der Waals surface area contributed by atoms with Crippen LogP contribution >= 0.6 is 0 Å². The molecule has 1 aliphatic heterocycles. The zero-order valence-electron chi connectivity index (χ0n) is 21.5. The maximum atomic E-state index is 13.9. The Balaban J connectivity index is 1.64. The lowest BCUT2D eigenvalue weighted by Gasteiger charge is -2.35. The van der Waals surface area contributed by atoms with Crippen molar-refractivity contribution in [1.82, 2.24) is 14.3 Å². The molecule has 5 rings (SSSR count). The van der Waals surface area contributed by atoms with Crippen LogP contribution in [0.4, 0.5) is 24.5 Å². The highest BCUT2D eigenvalue weighted by atomic mass is 32.2. The van der Waals surface area contributed by atoms with Gasteiger partial charge in [-0.25, -0.2) is 8.42 Å². The van der Waals surface area contributed by atoms with Crippen LogP contribution in [0.15, 0.2) is 61.1 Å². The lowest BCUT2D eigenvalue weighted by Crippen LogP contribution is -2.47. The minimum atomic E-state index is -5.58. The topological polar surface area (TPSA) is 92.4 Å². The van der Waals surface area contributed by atoms with Crippen LogP contribution in [0.2, 0.25) is 0 Å². The van der Waals surface area contributed by atoms with Crippen LogP contribution in [-0.4, -0.2) is 40.8 Å². The number of benzene rings is 1. The number of rotatable bonds is 7. The van der Waals surface area contributed by atoms with Gasteiger partial charge in [-0.15, -0.1) is 0 Å². The van der Waals surface area contributed by atoms with E-state index in [0.717, 1.165) is 32.1 Å². The van der Waals surface area contributed by atoms with E-state index >= 15 is 0 Å². The van der Waals surface area contributed by atoms with Crippen LogP contribution in [0.25, 0.3) is 11.1 Å². The van der Waals surface area contributed by atoms with E-state index in [1.54, 1.807) is 42.9 Å². The molecule has 0 amide bonds. The summed E-state index contributed by atoms with van der Waals surface area (Å²) in [6, 6.07) is 12.0. The molecule has 7 nitrogen and oxygen atoms in total. The molecule has 0 spiro atoms. The second-order valence-corrected chi connectivity index (χ2v) is 12.3. The molecular formula is C28H32F3N5O2S. The van der Waals surface area contributed by atoms with Crippen LogP contribution in [0.3, 0.4) is 0 Å². The van der Waals surface area contributed by atoms with Crippen molar-refractivity contribution in [1.29, 1.82) is 0 Å². The first-order chi connectivity index (χ1) is 18.6. The Hall–Kier alpha value is -3.18. The number of nitrogens with zero attached hydrogens (tertiary/aromatic N) is 4. The van der Waals surface area contributed by atoms with Crippen molar-refractivity contribution in [3.05, 3.63) is 72.3 Å². The van der Waals surface area contributed by atoms with Crippen molar-refractivity contribution in [3.8, 4) is 11.1 Å². The van der Waals surface area contributed by atoms with E-state index in [9.17, 15) is 21.6 Å². The molecular weight excluding hydrogens is 527 g/mol. The van der Waals surface area contributed by atoms with Crippen molar-refractivity contribution in [3.63, 3.8) is 0 Å². The van der Waals surface area contributed by atoms with Crippen molar-refractivity contribution in [2.24, 2.45) is 5.92 Å². The third kappa shape index (κ3) is 5.89. The van der Waals surface area contributed by atoms with Crippen LogP contribution in [0.1, 0.15) is 49.8 Å². The van der Waals surface area contributed by atoms with Gasteiger partial charge in [-0.3, -0.25) is 9.97 Å². The summed E-state index contributed by atoms with van der Waals surface area (Å²) in [4.78, 5) is 10.7. The molecule has 0 unspecified atom stereocenters. The van der Waals surface area contributed by atoms with Crippen molar-refractivity contribution in [2.75, 3.05) is 17.2 Å². The van der Waals surface area contributed by atoms with E-state index in [-0.39, 0.29) is 13.1 Å². The van der Waals surface area contributed by atoms with Gasteiger partial charge in [-0.05, 0) is 54.2 Å². The summed E-state index contributed by atoms with van der Waals surface area (Å²) in [7, 11) is -5.58.